The van der Waals surface area contributed by atoms with Crippen molar-refractivity contribution in [2.24, 2.45) is 0 Å². The number of nitrogens with one attached hydrogen (secondary N) is 3. The van der Waals surface area contributed by atoms with Crippen LogP contribution in [0.3, 0.4) is 0 Å². The molecule has 1 saturated carbocycles. The molecule has 2 aliphatic heterocycles. The molecule has 1 atom stereocenters. The predicted octanol–water partition coefficient (Wildman–Crippen LogP) is 2.99. The maximum Gasteiger partial charge on any atom is 0.267 e. The molecule has 0 unspecified atom stereocenters. The molecule has 37 heavy (non-hydrogen) atoms. The summed E-state index contributed by atoms with van der Waals surface area (Å²) in [5.41, 5.74) is 1.88. The molecule has 3 aromatic rings. The van der Waals surface area contributed by atoms with E-state index in [1.807, 2.05) is 18.2 Å². The molecular weight excluding hydrogens is 480 g/mol. The Hall–Kier alpha value is -3.72. The third-order valence-corrected chi connectivity index (χ3v) is 6.62. The summed E-state index contributed by atoms with van der Waals surface area (Å²) in [7, 11) is 2.08. The molecule has 5 heterocycles. The van der Waals surface area contributed by atoms with Crippen LogP contribution in [0, 0.1) is 12.8 Å². The number of fused-ring (bicyclic) bond motifs is 1. The van der Waals surface area contributed by atoms with E-state index in [0.717, 1.165) is 37.1 Å². The number of aromatic amines is 1. The Morgan fingerprint density at radius 1 is 1.24 bits per heavy atom. The first-order valence-corrected chi connectivity index (χ1v) is 12.4. The van der Waals surface area contributed by atoms with Crippen LogP contribution in [0.25, 0.3) is 5.52 Å². The molecule has 10 nitrogen and oxygen atoms in total. The Kier molecular flexibility index (Phi) is 8.23. The lowest BCUT2D eigenvalue weighted by molar-refractivity contribution is -0.110. The van der Waals surface area contributed by atoms with Gasteiger partial charge in [-0.3, -0.25) is 9.89 Å². The van der Waals surface area contributed by atoms with Crippen LogP contribution in [-0.2, 0) is 4.79 Å². The average molecular weight is 514 g/mol. The van der Waals surface area contributed by atoms with E-state index >= 15 is 0 Å². The number of halogens is 2. The molecule has 6 rings (SSSR count). The van der Waals surface area contributed by atoms with Crippen LogP contribution in [-0.4, -0.2) is 81.3 Å². The van der Waals surface area contributed by atoms with Crippen molar-refractivity contribution in [3.8, 4) is 12.8 Å². The zero-order valence-electron chi connectivity index (χ0n) is 20.9. The van der Waals surface area contributed by atoms with E-state index in [-0.39, 0.29) is 19.5 Å². The second-order valence-corrected chi connectivity index (χ2v) is 9.62. The molecule has 198 valence electrons. The number of alkyl halides is 2. The minimum absolute atomic E-state index is 0.174. The van der Waals surface area contributed by atoms with Crippen molar-refractivity contribution in [3.63, 3.8) is 0 Å². The van der Waals surface area contributed by atoms with Gasteiger partial charge in [0, 0.05) is 49.4 Å². The molecule has 3 aliphatic rings. The highest BCUT2D eigenvalue weighted by Gasteiger charge is 2.39. The molecule has 1 aliphatic carbocycles. The summed E-state index contributed by atoms with van der Waals surface area (Å²) in [5, 5.41) is 17.7. The Labute approximate surface area is 214 Å². The van der Waals surface area contributed by atoms with Crippen molar-refractivity contribution in [2.45, 2.75) is 50.0 Å². The lowest BCUT2D eigenvalue weighted by atomic mass is 10.1. The molecule has 2 saturated heterocycles. The maximum atomic E-state index is 13.5. The molecular formula is C25H33F2N9O. The minimum atomic E-state index is -2.69. The highest BCUT2D eigenvalue weighted by molar-refractivity contribution is 5.73. The van der Waals surface area contributed by atoms with Crippen LogP contribution in [0.15, 0.2) is 24.4 Å². The molecule has 3 aromatic heterocycles. The largest absolute Gasteiger partial charge is 0.355 e. The minimum Gasteiger partial charge on any atom is -0.355 e. The standard InChI is InChI=1S/C16H17F2N7.C7H14N2O.C2H2/c17-16(18)5-7-24(9-16)15-20-14(12-2-1-6-25(12)23-15)19-13-8-11(21-22-13)10-3-4-10;1-9-4-2-3-7(5-9)8-6-10;1-2/h1-2,6,8,10H,3-5,7,9H2,(H2,19,20,21,22,23);6-7H,2-5H2,1H3,(H,8,10);1-2H/t;7-;/m.1./s1. The Balaban J connectivity index is 0.000000225. The fourth-order valence-electron chi connectivity index (χ4n) is 4.58. The average Bonchev–Trinajstić information content (AvgIpc) is 3.25. The van der Waals surface area contributed by atoms with Crippen LogP contribution < -0.4 is 15.5 Å². The normalized spacial score (nSPS) is 20.9. The molecule has 0 aromatic carbocycles. The summed E-state index contributed by atoms with van der Waals surface area (Å²) in [6.07, 6.45) is 15.1. The zero-order chi connectivity index (χ0) is 26.4. The van der Waals surface area contributed by atoms with Crippen LogP contribution >= 0.6 is 0 Å². The number of likely N-dealkylation sites (tertiary alicyclic amines) is 1. The molecule has 3 N–H and O–H groups in total. The zero-order valence-corrected chi connectivity index (χ0v) is 20.9. The molecule has 1 amide bonds. The molecule has 12 heteroatoms. The van der Waals surface area contributed by atoms with Gasteiger partial charge in [0.25, 0.3) is 5.92 Å². The van der Waals surface area contributed by atoms with E-state index in [1.165, 1.54) is 24.2 Å². The third kappa shape index (κ3) is 6.74. The smallest absolute Gasteiger partial charge is 0.267 e. The van der Waals surface area contributed by atoms with Crippen molar-refractivity contribution in [3.05, 3.63) is 30.1 Å². The second-order valence-electron chi connectivity index (χ2n) is 9.62. The Morgan fingerprint density at radius 3 is 2.73 bits per heavy atom. The van der Waals surface area contributed by atoms with E-state index in [0.29, 0.717) is 29.5 Å². The number of amides is 1. The molecule has 0 spiro atoms. The number of aromatic nitrogens is 5. The first-order valence-electron chi connectivity index (χ1n) is 12.4. The van der Waals surface area contributed by atoms with Crippen molar-refractivity contribution in [1.82, 2.24) is 35.0 Å². The number of hydrogen-bond donors (Lipinski definition) is 3. The number of hydrogen-bond acceptors (Lipinski definition) is 7. The molecule has 0 bridgehead atoms. The van der Waals surface area contributed by atoms with Crippen molar-refractivity contribution in [2.75, 3.05) is 43.4 Å². The highest BCUT2D eigenvalue weighted by atomic mass is 19.3. The van der Waals surface area contributed by atoms with Gasteiger partial charge in [-0.15, -0.1) is 17.9 Å². The monoisotopic (exact) mass is 513 g/mol. The van der Waals surface area contributed by atoms with Crippen molar-refractivity contribution >= 4 is 29.5 Å². The van der Waals surface area contributed by atoms with Gasteiger partial charge in [0.1, 0.15) is 5.52 Å². The number of likely N-dealkylation sites (N-methyl/N-ethyl adjacent to an activating group) is 1. The van der Waals surface area contributed by atoms with Gasteiger partial charge >= 0.3 is 0 Å². The summed E-state index contributed by atoms with van der Waals surface area (Å²) < 4.78 is 28.7. The summed E-state index contributed by atoms with van der Waals surface area (Å²) in [4.78, 5) is 18.3. The van der Waals surface area contributed by atoms with E-state index in [2.05, 4.69) is 55.7 Å². The number of nitrogens with zero attached hydrogens (tertiary/aromatic N) is 6. The molecule has 3 fully saturated rings. The fraction of sp³-hybridized carbons (Fsp3) is 0.520. The van der Waals surface area contributed by atoms with E-state index in [1.54, 1.807) is 10.7 Å². The van der Waals surface area contributed by atoms with E-state index < -0.39 is 5.92 Å². The van der Waals surface area contributed by atoms with Gasteiger partial charge in [-0.25, -0.2) is 13.3 Å². The number of terminal acetylenes is 1. The second kappa shape index (κ2) is 11.6. The van der Waals surface area contributed by atoms with Crippen LogP contribution in [0.4, 0.5) is 26.4 Å². The van der Waals surface area contributed by atoms with Gasteiger partial charge in [0.15, 0.2) is 11.6 Å². The van der Waals surface area contributed by atoms with Gasteiger partial charge in [0.2, 0.25) is 12.4 Å². The lowest BCUT2D eigenvalue weighted by Gasteiger charge is -2.28. The Bertz CT molecular complexity index is 1200. The number of rotatable bonds is 6. The van der Waals surface area contributed by atoms with E-state index in [4.69, 9.17) is 0 Å². The Morgan fingerprint density at radius 2 is 2.05 bits per heavy atom. The summed E-state index contributed by atoms with van der Waals surface area (Å²) in [6.45, 7) is 2.05. The summed E-state index contributed by atoms with van der Waals surface area (Å²) >= 11 is 0. The fourth-order valence-corrected chi connectivity index (χ4v) is 4.58. The lowest BCUT2D eigenvalue weighted by Crippen LogP contribution is -2.43. The van der Waals surface area contributed by atoms with Crippen molar-refractivity contribution in [1.29, 1.82) is 0 Å². The van der Waals surface area contributed by atoms with Crippen LogP contribution in [0.2, 0.25) is 0 Å². The summed E-state index contributed by atoms with van der Waals surface area (Å²) in [6, 6.07) is 6.08. The first-order chi connectivity index (χ1) is 17.9. The third-order valence-electron chi connectivity index (χ3n) is 6.62. The molecule has 0 radical (unpaired) electrons. The van der Waals surface area contributed by atoms with Crippen LogP contribution in [0.1, 0.15) is 43.7 Å². The maximum absolute atomic E-state index is 13.5. The van der Waals surface area contributed by atoms with Gasteiger partial charge in [0.05, 0.1) is 6.54 Å². The van der Waals surface area contributed by atoms with Crippen molar-refractivity contribution < 1.29 is 13.6 Å². The number of carbonyl (C=O) groups is 1. The van der Waals surface area contributed by atoms with Crippen LogP contribution in [0.5, 0.6) is 0 Å². The van der Waals surface area contributed by atoms with E-state index in [9.17, 15) is 13.6 Å². The number of anilines is 3. The number of carbonyl (C=O) groups excluding carboxylic acids is 1. The van der Waals surface area contributed by atoms with Gasteiger partial charge in [-0.05, 0) is 51.4 Å². The summed E-state index contributed by atoms with van der Waals surface area (Å²) in [5.74, 6) is -0.602. The number of piperidine rings is 1. The first kappa shape index (κ1) is 26.3. The predicted molar refractivity (Wildman–Crippen MR) is 138 cm³/mol. The SMILES string of the molecule is C#C.CN1CCC[C@@H](NC=O)C1.FC1(F)CCN(c2nc(Nc3cc(C4CC4)[nH]n3)c3cccn3n2)C1. The topological polar surface area (TPSA) is 106 Å². The van der Waals surface area contributed by atoms with Gasteiger partial charge < -0.3 is 20.4 Å². The van der Waals surface area contributed by atoms with Gasteiger partial charge in [-0.2, -0.15) is 10.1 Å². The van der Waals surface area contributed by atoms with Gasteiger partial charge in [-0.1, -0.05) is 0 Å². The number of H-pyrrole nitrogens is 1. The quantitative estimate of drug-likeness (QED) is 0.344. The highest BCUT2D eigenvalue weighted by Crippen LogP contribution is 2.39.